The van der Waals surface area contributed by atoms with Gasteiger partial charge in [0.05, 0.1) is 12.2 Å². The fraction of sp³-hybridized carbons (Fsp3) is 0.692. The van der Waals surface area contributed by atoms with E-state index in [1.165, 1.54) is 0 Å². The van der Waals surface area contributed by atoms with Gasteiger partial charge < -0.3 is 14.2 Å². The molecule has 0 fully saturated rings. The minimum absolute atomic E-state index is 0.0706. The summed E-state index contributed by atoms with van der Waals surface area (Å²) in [4.78, 5) is 21.9. The van der Waals surface area contributed by atoms with Gasteiger partial charge in [0.1, 0.15) is 12.2 Å². The molecule has 7 heteroatoms. The van der Waals surface area contributed by atoms with E-state index in [-0.39, 0.29) is 18.3 Å². The Bertz CT molecular complexity index is 370. The van der Waals surface area contributed by atoms with Gasteiger partial charge in [-0.2, -0.15) is 0 Å². The standard InChI is InChI=1S/C13H20O5S2/c1-8(2)16-10-5-3-9(17-12(14)19)4-6-11(7-10)18-13(15)20/h4,6,8-11H,3,5,7H2,1-2H3,(H,14,19)(H,15,20). The van der Waals surface area contributed by atoms with Gasteiger partial charge in [0.25, 0.3) is 0 Å². The average molecular weight is 320 g/mol. The highest BCUT2D eigenvalue weighted by Gasteiger charge is 2.24. The normalized spacial score (nSPS) is 26.8. The van der Waals surface area contributed by atoms with E-state index in [2.05, 4.69) is 25.3 Å². The summed E-state index contributed by atoms with van der Waals surface area (Å²) in [6, 6.07) is 0. The summed E-state index contributed by atoms with van der Waals surface area (Å²) in [6.45, 7) is 3.89. The van der Waals surface area contributed by atoms with Gasteiger partial charge >= 0.3 is 10.6 Å². The summed E-state index contributed by atoms with van der Waals surface area (Å²) in [5.74, 6) is 0. The number of carbonyl (C=O) groups excluding carboxylic acids is 2. The molecule has 0 bridgehead atoms. The van der Waals surface area contributed by atoms with E-state index in [1.54, 1.807) is 12.2 Å². The molecule has 3 unspecified atom stereocenters. The van der Waals surface area contributed by atoms with E-state index in [4.69, 9.17) is 14.2 Å². The molecule has 0 N–H and O–H groups in total. The highest BCUT2D eigenvalue weighted by molar-refractivity contribution is 7.96. The summed E-state index contributed by atoms with van der Waals surface area (Å²) in [6.07, 6.45) is 4.48. The van der Waals surface area contributed by atoms with E-state index in [1.807, 2.05) is 13.8 Å². The second-order valence-electron chi connectivity index (χ2n) is 4.85. The Hall–Kier alpha value is -0.660. The summed E-state index contributed by atoms with van der Waals surface area (Å²) in [7, 11) is 0. The molecule has 3 atom stereocenters. The first kappa shape index (κ1) is 17.4. The topological polar surface area (TPSA) is 61.8 Å². The third-order valence-corrected chi connectivity index (χ3v) is 2.99. The van der Waals surface area contributed by atoms with Crippen molar-refractivity contribution in [2.75, 3.05) is 0 Å². The maximum atomic E-state index is 11.0. The van der Waals surface area contributed by atoms with Crippen LogP contribution in [0.5, 0.6) is 0 Å². The summed E-state index contributed by atoms with van der Waals surface area (Å²) in [5.41, 5.74) is 0. The number of ether oxygens (including phenoxy) is 3. The second-order valence-corrected chi connectivity index (χ2v) is 5.58. The quantitative estimate of drug-likeness (QED) is 0.472. The molecule has 20 heavy (non-hydrogen) atoms. The lowest BCUT2D eigenvalue weighted by molar-refractivity contribution is -0.0250. The summed E-state index contributed by atoms with van der Waals surface area (Å²) >= 11 is 7.22. The molecule has 5 nitrogen and oxygen atoms in total. The predicted octanol–water partition coefficient (Wildman–Crippen LogP) is 3.39. The van der Waals surface area contributed by atoms with Gasteiger partial charge in [0.2, 0.25) is 0 Å². The van der Waals surface area contributed by atoms with Crippen molar-refractivity contribution in [3.05, 3.63) is 12.2 Å². The Balaban J connectivity index is 2.74. The van der Waals surface area contributed by atoms with E-state index >= 15 is 0 Å². The van der Waals surface area contributed by atoms with E-state index in [0.717, 1.165) is 0 Å². The largest absolute Gasteiger partial charge is 0.450 e. The Morgan fingerprint density at radius 1 is 1.05 bits per heavy atom. The predicted molar refractivity (Wildman–Crippen MR) is 81.5 cm³/mol. The third-order valence-electron chi connectivity index (χ3n) is 2.78. The molecule has 0 spiro atoms. The molecule has 0 saturated heterocycles. The molecule has 0 aromatic heterocycles. The number of carbonyl (C=O) groups is 2. The van der Waals surface area contributed by atoms with Crippen LogP contribution in [0.25, 0.3) is 0 Å². The lowest BCUT2D eigenvalue weighted by Gasteiger charge is -2.27. The zero-order chi connectivity index (χ0) is 15.1. The van der Waals surface area contributed by atoms with Crippen molar-refractivity contribution in [2.45, 2.75) is 57.5 Å². The van der Waals surface area contributed by atoms with Crippen LogP contribution < -0.4 is 0 Å². The summed E-state index contributed by atoms with van der Waals surface area (Å²) in [5, 5.41) is -1.28. The molecule has 0 aromatic rings. The molecule has 1 aliphatic carbocycles. The molecule has 1 aliphatic rings. The third kappa shape index (κ3) is 7.21. The molecule has 0 aliphatic heterocycles. The van der Waals surface area contributed by atoms with Gasteiger partial charge in [-0.25, -0.2) is 9.59 Å². The van der Waals surface area contributed by atoms with Crippen LogP contribution in [0.15, 0.2) is 12.2 Å². The zero-order valence-corrected chi connectivity index (χ0v) is 13.3. The van der Waals surface area contributed by atoms with Crippen LogP contribution in [0.4, 0.5) is 9.59 Å². The van der Waals surface area contributed by atoms with Crippen LogP contribution in [0.3, 0.4) is 0 Å². The van der Waals surface area contributed by atoms with Gasteiger partial charge in [-0.1, -0.05) is 25.3 Å². The number of hydrogen-bond acceptors (Lipinski definition) is 5. The van der Waals surface area contributed by atoms with Crippen molar-refractivity contribution in [3.63, 3.8) is 0 Å². The Kier molecular flexibility index (Phi) is 7.47. The Morgan fingerprint density at radius 3 is 2.15 bits per heavy atom. The highest BCUT2D eigenvalue weighted by atomic mass is 32.1. The first-order valence-electron chi connectivity index (χ1n) is 6.49. The highest BCUT2D eigenvalue weighted by Crippen LogP contribution is 2.22. The molecule has 0 radical (unpaired) electrons. The second kappa shape index (κ2) is 8.59. The number of thiol groups is 2. The van der Waals surface area contributed by atoms with Gasteiger partial charge in [-0.05, 0) is 38.8 Å². The van der Waals surface area contributed by atoms with Crippen LogP contribution in [0.2, 0.25) is 0 Å². The first-order valence-corrected chi connectivity index (χ1v) is 7.39. The van der Waals surface area contributed by atoms with Crippen molar-refractivity contribution >= 4 is 35.9 Å². The summed E-state index contributed by atoms with van der Waals surface area (Å²) < 4.78 is 15.9. The van der Waals surface area contributed by atoms with Gasteiger partial charge in [-0.3, -0.25) is 0 Å². The van der Waals surface area contributed by atoms with E-state index in [0.29, 0.717) is 19.3 Å². The molecule has 0 heterocycles. The Morgan fingerprint density at radius 2 is 1.60 bits per heavy atom. The molecular formula is C13H20O5S2. The minimum atomic E-state index is -0.647. The van der Waals surface area contributed by atoms with Gasteiger partial charge in [0, 0.05) is 6.42 Å². The fourth-order valence-corrected chi connectivity index (χ4v) is 2.37. The van der Waals surface area contributed by atoms with E-state index < -0.39 is 16.7 Å². The lowest BCUT2D eigenvalue weighted by Crippen LogP contribution is -2.29. The smallest absolute Gasteiger partial charge is 0.364 e. The number of rotatable bonds is 4. The zero-order valence-electron chi connectivity index (χ0n) is 11.5. The molecule has 0 saturated carbocycles. The molecule has 0 amide bonds. The van der Waals surface area contributed by atoms with Crippen LogP contribution in [0.1, 0.15) is 33.1 Å². The van der Waals surface area contributed by atoms with Crippen molar-refractivity contribution in [1.29, 1.82) is 0 Å². The number of hydrogen-bond donors (Lipinski definition) is 2. The maximum absolute atomic E-state index is 11.0. The molecule has 1 rings (SSSR count). The lowest BCUT2D eigenvalue weighted by atomic mass is 9.99. The van der Waals surface area contributed by atoms with Crippen molar-refractivity contribution < 1.29 is 23.8 Å². The van der Waals surface area contributed by atoms with E-state index in [9.17, 15) is 9.59 Å². The molecular weight excluding hydrogens is 300 g/mol. The minimum Gasteiger partial charge on any atom is -0.450 e. The molecule has 0 aromatic carbocycles. The van der Waals surface area contributed by atoms with Gasteiger partial charge in [0.15, 0.2) is 0 Å². The van der Waals surface area contributed by atoms with Gasteiger partial charge in [-0.15, -0.1) is 0 Å². The van der Waals surface area contributed by atoms with Crippen LogP contribution >= 0.6 is 25.3 Å². The Labute approximate surface area is 129 Å². The monoisotopic (exact) mass is 320 g/mol. The first-order chi connectivity index (χ1) is 9.36. The van der Waals surface area contributed by atoms with Crippen LogP contribution in [0, 0.1) is 0 Å². The maximum Gasteiger partial charge on any atom is 0.364 e. The van der Waals surface area contributed by atoms with Crippen LogP contribution in [-0.4, -0.2) is 35.0 Å². The SMILES string of the molecule is CC(C)OC1CCC(OC(=O)S)C=CC(OC(=O)S)C1. The average Bonchev–Trinajstić information content (AvgIpc) is 2.27. The van der Waals surface area contributed by atoms with Crippen molar-refractivity contribution in [3.8, 4) is 0 Å². The van der Waals surface area contributed by atoms with Crippen molar-refractivity contribution in [2.24, 2.45) is 0 Å². The van der Waals surface area contributed by atoms with Crippen molar-refractivity contribution in [1.82, 2.24) is 0 Å². The fourth-order valence-electron chi connectivity index (χ4n) is 2.10. The van der Waals surface area contributed by atoms with Crippen LogP contribution in [-0.2, 0) is 14.2 Å². The molecule has 114 valence electrons.